The molecule has 1 fully saturated rings. The molecule has 7 nitrogen and oxygen atoms in total. The summed E-state index contributed by atoms with van der Waals surface area (Å²) in [7, 11) is 0. The first kappa shape index (κ1) is 21.8. The molecule has 0 atom stereocenters. The Hall–Kier alpha value is -3.37. The van der Waals surface area contributed by atoms with Gasteiger partial charge in [0.15, 0.2) is 0 Å². The number of carbonyl (C=O) groups is 1. The smallest absolute Gasteiger partial charge is 0.465 e. The predicted octanol–water partition coefficient (Wildman–Crippen LogP) is 5.45. The molecule has 11 heteroatoms. The topological polar surface area (TPSA) is 91.3 Å². The maximum atomic E-state index is 14.0. The third kappa shape index (κ3) is 4.92. The van der Waals surface area contributed by atoms with Gasteiger partial charge >= 0.3 is 12.5 Å². The van der Waals surface area contributed by atoms with E-state index in [4.69, 9.17) is 0 Å². The first-order valence-corrected chi connectivity index (χ1v) is 10.1. The lowest BCUT2D eigenvalue weighted by Gasteiger charge is -2.31. The van der Waals surface area contributed by atoms with Crippen LogP contribution in [0.15, 0.2) is 36.5 Å². The zero-order valence-electron chi connectivity index (χ0n) is 16.8. The molecule has 2 aromatic heterocycles. The summed E-state index contributed by atoms with van der Waals surface area (Å²) in [5.41, 5.74) is 0.921. The molecule has 2 N–H and O–H groups in total. The van der Waals surface area contributed by atoms with Crippen LogP contribution in [0.4, 0.5) is 28.0 Å². The molecule has 1 aromatic carbocycles. The maximum Gasteiger partial charge on any atom is 0.573 e. The Morgan fingerprint density at radius 3 is 2.62 bits per heavy atom. The van der Waals surface area contributed by atoms with Gasteiger partial charge in [-0.05, 0) is 55.9 Å². The van der Waals surface area contributed by atoms with E-state index in [2.05, 4.69) is 19.7 Å². The molecule has 0 aliphatic heterocycles. The van der Waals surface area contributed by atoms with Crippen molar-refractivity contribution < 1.29 is 32.2 Å². The number of nitrogens with zero attached hydrogens (tertiary/aromatic N) is 3. The minimum absolute atomic E-state index is 0.0399. The molecule has 170 valence electrons. The lowest BCUT2D eigenvalue weighted by atomic mass is 9.81. The molecular weight excluding hydrogens is 432 g/mol. The number of alkyl halides is 3. The van der Waals surface area contributed by atoms with Gasteiger partial charge in [0, 0.05) is 24.7 Å². The second-order valence-corrected chi connectivity index (χ2v) is 7.77. The number of aromatic nitrogens is 3. The summed E-state index contributed by atoms with van der Waals surface area (Å²) in [6, 6.07) is 6.82. The lowest BCUT2D eigenvalue weighted by molar-refractivity contribution is -0.274. The summed E-state index contributed by atoms with van der Waals surface area (Å²) < 4.78 is 55.2. The van der Waals surface area contributed by atoms with Gasteiger partial charge in [0.1, 0.15) is 17.3 Å². The van der Waals surface area contributed by atoms with Crippen molar-refractivity contribution in [3.8, 4) is 5.75 Å². The van der Waals surface area contributed by atoms with Crippen molar-refractivity contribution in [2.75, 3.05) is 11.4 Å². The molecule has 3 aromatic rings. The Morgan fingerprint density at radius 1 is 1.22 bits per heavy atom. The summed E-state index contributed by atoms with van der Waals surface area (Å²) in [6.07, 6.45) is -1.90. The number of nitrogens with one attached hydrogen (secondary N) is 1. The number of amides is 1. The highest BCUT2D eigenvalue weighted by molar-refractivity contribution is 5.85. The highest BCUT2D eigenvalue weighted by Crippen LogP contribution is 2.37. The molecule has 0 unspecified atom stereocenters. The molecule has 0 radical (unpaired) electrons. The van der Waals surface area contributed by atoms with Gasteiger partial charge in [-0.25, -0.2) is 14.8 Å². The fraction of sp³-hybridized carbons (Fsp3) is 0.381. The Morgan fingerprint density at radius 2 is 1.97 bits per heavy atom. The number of imidazole rings is 1. The maximum absolute atomic E-state index is 14.0. The van der Waals surface area contributed by atoms with Crippen LogP contribution >= 0.6 is 0 Å². The van der Waals surface area contributed by atoms with Gasteiger partial charge in [-0.15, -0.1) is 13.2 Å². The van der Waals surface area contributed by atoms with E-state index in [1.807, 2.05) is 0 Å². The second-order valence-electron chi connectivity index (χ2n) is 7.77. The molecular formula is C21H20F4N4O3. The Kier molecular flexibility index (Phi) is 5.90. The number of carboxylic acid groups (broad SMARTS) is 1. The number of aromatic amines is 1. The third-order valence-corrected chi connectivity index (χ3v) is 5.64. The zero-order valence-corrected chi connectivity index (χ0v) is 16.8. The van der Waals surface area contributed by atoms with Gasteiger partial charge in [0.05, 0.1) is 11.0 Å². The number of halogens is 4. The van der Waals surface area contributed by atoms with Crippen LogP contribution in [-0.2, 0) is 0 Å². The van der Waals surface area contributed by atoms with Crippen LogP contribution in [0, 0.1) is 11.9 Å². The highest BCUT2D eigenvalue weighted by Gasteiger charge is 2.32. The first-order chi connectivity index (χ1) is 15.2. The zero-order chi connectivity index (χ0) is 22.9. The fourth-order valence-electron chi connectivity index (χ4n) is 4.13. The van der Waals surface area contributed by atoms with E-state index in [-0.39, 0.29) is 29.8 Å². The van der Waals surface area contributed by atoms with E-state index in [1.165, 1.54) is 36.5 Å². The number of rotatable bonds is 5. The van der Waals surface area contributed by atoms with Crippen molar-refractivity contribution in [1.29, 1.82) is 0 Å². The molecule has 4 rings (SSSR count). The highest BCUT2D eigenvalue weighted by atomic mass is 19.4. The van der Waals surface area contributed by atoms with Gasteiger partial charge in [0.2, 0.25) is 5.95 Å². The van der Waals surface area contributed by atoms with E-state index in [0.29, 0.717) is 29.7 Å². The molecule has 1 amide bonds. The largest absolute Gasteiger partial charge is 0.573 e. The van der Waals surface area contributed by atoms with E-state index >= 15 is 0 Å². The molecule has 0 saturated heterocycles. The predicted molar refractivity (Wildman–Crippen MR) is 107 cm³/mol. The summed E-state index contributed by atoms with van der Waals surface area (Å²) in [6.45, 7) is 0.156. The Bertz CT molecular complexity index is 1110. The van der Waals surface area contributed by atoms with Gasteiger partial charge < -0.3 is 14.8 Å². The van der Waals surface area contributed by atoms with Gasteiger partial charge in [0.25, 0.3) is 0 Å². The van der Waals surface area contributed by atoms with Crippen molar-refractivity contribution in [2.45, 2.75) is 38.0 Å². The monoisotopic (exact) mass is 452 g/mol. The Balaban J connectivity index is 1.41. The van der Waals surface area contributed by atoms with Crippen LogP contribution in [-0.4, -0.2) is 39.1 Å². The number of hydrogen-bond donors (Lipinski definition) is 2. The minimum atomic E-state index is -4.77. The number of pyridine rings is 1. The first-order valence-electron chi connectivity index (χ1n) is 10.1. The molecule has 0 bridgehead atoms. The van der Waals surface area contributed by atoms with Crippen molar-refractivity contribution >= 4 is 22.8 Å². The number of hydrogen-bond acceptors (Lipinski definition) is 4. The summed E-state index contributed by atoms with van der Waals surface area (Å²) >= 11 is 0. The number of fused-ring (bicyclic) bond motifs is 1. The van der Waals surface area contributed by atoms with Crippen LogP contribution < -0.4 is 9.64 Å². The second kappa shape index (κ2) is 8.64. The average molecular weight is 452 g/mol. The average Bonchev–Trinajstić information content (AvgIpc) is 3.15. The normalized spacial score (nSPS) is 19.1. The summed E-state index contributed by atoms with van der Waals surface area (Å²) in [5, 5.41) is 9.52. The quantitative estimate of drug-likeness (QED) is 0.397. The van der Waals surface area contributed by atoms with Crippen molar-refractivity contribution in [1.82, 2.24) is 15.0 Å². The SMILES string of the molecule is O=C(O)N(CC1CCC(c2nc3cc(OC(F)(F)F)ccc3[nH]2)CC1)c1cccnc1F. The van der Waals surface area contributed by atoms with E-state index in [1.54, 1.807) is 0 Å². The number of anilines is 1. The lowest BCUT2D eigenvalue weighted by Crippen LogP contribution is -2.36. The molecule has 2 heterocycles. The Labute approximate surface area is 180 Å². The van der Waals surface area contributed by atoms with Gasteiger partial charge in [-0.1, -0.05) is 0 Å². The van der Waals surface area contributed by atoms with Crippen molar-refractivity contribution in [3.63, 3.8) is 0 Å². The fourth-order valence-corrected chi connectivity index (χ4v) is 4.13. The van der Waals surface area contributed by atoms with Crippen molar-refractivity contribution in [2.24, 2.45) is 5.92 Å². The number of benzene rings is 1. The van der Waals surface area contributed by atoms with Crippen molar-refractivity contribution in [3.05, 3.63) is 48.3 Å². The standard InChI is InChI=1S/C21H20F4N4O3/c22-18-17(2-1-9-26-18)29(20(30)31)11-12-3-5-13(6-4-12)19-27-15-8-7-14(10-16(15)28-19)32-21(23,24)25/h1-2,7-10,12-13H,3-6,11H2,(H,27,28)(H,30,31). The van der Waals surface area contributed by atoms with Gasteiger partial charge in [-0.3, -0.25) is 4.90 Å². The number of ether oxygens (including phenoxy) is 1. The molecule has 1 saturated carbocycles. The van der Waals surface area contributed by atoms with E-state index < -0.39 is 18.4 Å². The van der Waals surface area contributed by atoms with Gasteiger partial charge in [-0.2, -0.15) is 4.39 Å². The molecule has 0 spiro atoms. The molecule has 32 heavy (non-hydrogen) atoms. The van der Waals surface area contributed by atoms with E-state index in [0.717, 1.165) is 17.7 Å². The van der Waals surface area contributed by atoms with Crippen LogP contribution in [0.25, 0.3) is 11.0 Å². The summed E-state index contributed by atoms with van der Waals surface area (Å²) in [5.74, 6) is -0.379. The molecule has 1 aliphatic rings. The third-order valence-electron chi connectivity index (χ3n) is 5.64. The number of H-pyrrole nitrogens is 1. The minimum Gasteiger partial charge on any atom is -0.465 e. The van der Waals surface area contributed by atoms with Crippen LogP contribution in [0.2, 0.25) is 0 Å². The van der Waals surface area contributed by atoms with E-state index in [9.17, 15) is 27.5 Å². The molecule has 1 aliphatic carbocycles. The van der Waals surface area contributed by atoms with Crippen LogP contribution in [0.3, 0.4) is 0 Å². The van der Waals surface area contributed by atoms with Crippen LogP contribution in [0.5, 0.6) is 5.75 Å². The summed E-state index contributed by atoms with van der Waals surface area (Å²) in [4.78, 5) is 23.7. The van der Waals surface area contributed by atoms with Crippen LogP contribution in [0.1, 0.15) is 37.4 Å².